The summed E-state index contributed by atoms with van der Waals surface area (Å²) in [5, 5.41) is 11.9. The zero-order valence-corrected chi connectivity index (χ0v) is 17.3. The number of hydrogen-bond acceptors (Lipinski definition) is 3. The molecule has 0 bridgehead atoms. The van der Waals surface area contributed by atoms with E-state index in [0.29, 0.717) is 4.47 Å². The molecule has 3 aromatic rings. The van der Waals surface area contributed by atoms with Gasteiger partial charge in [-0.15, -0.1) is 0 Å². The van der Waals surface area contributed by atoms with Crippen molar-refractivity contribution in [2.75, 3.05) is 11.9 Å². The largest absolute Gasteiger partial charge is 0.478 e. The van der Waals surface area contributed by atoms with Crippen molar-refractivity contribution >= 4 is 45.3 Å². The predicted octanol–water partition coefficient (Wildman–Crippen LogP) is 6.16. The van der Waals surface area contributed by atoms with Crippen LogP contribution in [0.1, 0.15) is 27.4 Å². The number of carboxylic acid groups (broad SMARTS) is 1. The number of anilines is 1. The number of rotatable bonds is 4. The molecule has 5 nitrogen and oxygen atoms in total. The molecule has 1 aliphatic rings. The summed E-state index contributed by atoms with van der Waals surface area (Å²) in [7, 11) is 0. The Morgan fingerprint density at radius 2 is 1.62 bits per heavy atom. The first-order valence-corrected chi connectivity index (χ1v) is 9.97. The Bertz CT molecular complexity index is 1090. The number of amides is 1. The van der Waals surface area contributed by atoms with E-state index in [4.69, 9.17) is 16.3 Å². The highest BCUT2D eigenvalue weighted by atomic mass is 79.9. The first-order chi connectivity index (χ1) is 14.0. The van der Waals surface area contributed by atoms with Crippen molar-refractivity contribution in [3.8, 4) is 11.1 Å². The number of nitrogens with one attached hydrogen (secondary N) is 1. The van der Waals surface area contributed by atoms with Crippen LogP contribution in [0.15, 0.2) is 65.1 Å². The fraction of sp³-hybridized carbons (Fsp3) is 0.0909. The summed E-state index contributed by atoms with van der Waals surface area (Å²) in [6, 6.07) is 19.0. The van der Waals surface area contributed by atoms with Crippen LogP contribution in [0.3, 0.4) is 0 Å². The molecule has 2 N–H and O–H groups in total. The molecule has 0 radical (unpaired) electrons. The molecule has 0 spiro atoms. The molecule has 146 valence electrons. The minimum atomic E-state index is -1.24. The molecule has 0 aliphatic heterocycles. The third kappa shape index (κ3) is 3.73. The van der Waals surface area contributed by atoms with E-state index in [2.05, 4.69) is 33.4 Å². The Hall–Kier alpha value is -2.83. The van der Waals surface area contributed by atoms with E-state index < -0.39 is 12.1 Å². The first kappa shape index (κ1) is 19.5. The lowest BCUT2D eigenvalue weighted by atomic mass is 9.98. The highest BCUT2D eigenvalue weighted by molar-refractivity contribution is 9.10. The standard InChI is InChI=1S/C22H15BrClNO4/c23-12-9-18(24)20(21(26)27)19(10-12)25-22(28)29-11-17-15-7-3-1-5-13(15)14-6-2-4-8-16(14)17/h1-10,17H,11H2,(H,25,28)(H,26,27). The third-order valence-electron chi connectivity index (χ3n) is 4.85. The average molecular weight is 473 g/mol. The second-order valence-corrected chi connectivity index (χ2v) is 7.89. The lowest BCUT2D eigenvalue weighted by Gasteiger charge is -2.15. The van der Waals surface area contributed by atoms with Gasteiger partial charge in [0.15, 0.2) is 0 Å². The van der Waals surface area contributed by atoms with Crippen molar-refractivity contribution in [1.82, 2.24) is 0 Å². The lowest BCUT2D eigenvalue weighted by Crippen LogP contribution is -2.19. The average Bonchev–Trinajstić information content (AvgIpc) is 2.99. The number of carbonyl (C=O) groups excluding carboxylic acids is 1. The molecule has 4 rings (SSSR count). The van der Waals surface area contributed by atoms with Crippen LogP contribution in [-0.2, 0) is 4.74 Å². The summed E-state index contributed by atoms with van der Waals surface area (Å²) < 4.78 is 6.00. The van der Waals surface area contributed by atoms with Crippen molar-refractivity contribution in [3.05, 3.63) is 86.8 Å². The summed E-state index contributed by atoms with van der Waals surface area (Å²) in [5.74, 6) is -1.32. The van der Waals surface area contributed by atoms with E-state index in [1.807, 2.05) is 36.4 Å². The summed E-state index contributed by atoms with van der Waals surface area (Å²) in [5.41, 5.74) is 4.32. The zero-order chi connectivity index (χ0) is 20.5. The van der Waals surface area contributed by atoms with Crippen LogP contribution in [0.2, 0.25) is 5.02 Å². The molecule has 29 heavy (non-hydrogen) atoms. The topological polar surface area (TPSA) is 75.6 Å². The highest BCUT2D eigenvalue weighted by Crippen LogP contribution is 2.44. The number of carbonyl (C=O) groups is 2. The van der Waals surface area contributed by atoms with Gasteiger partial charge in [-0.05, 0) is 34.4 Å². The number of halogens is 2. The minimum Gasteiger partial charge on any atom is -0.478 e. The Kier molecular flexibility index (Phi) is 5.30. The van der Waals surface area contributed by atoms with Gasteiger partial charge in [-0.2, -0.15) is 0 Å². The second-order valence-electron chi connectivity index (χ2n) is 6.57. The molecule has 0 fully saturated rings. The van der Waals surface area contributed by atoms with Gasteiger partial charge in [-0.3, -0.25) is 5.32 Å². The first-order valence-electron chi connectivity index (χ1n) is 8.80. The molecule has 0 saturated carbocycles. The maximum Gasteiger partial charge on any atom is 0.411 e. The summed E-state index contributed by atoms with van der Waals surface area (Å²) in [4.78, 5) is 23.9. The van der Waals surface area contributed by atoms with E-state index in [1.54, 1.807) is 0 Å². The van der Waals surface area contributed by atoms with Crippen molar-refractivity contribution in [2.24, 2.45) is 0 Å². The number of carboxylic acids is 1. The number of ether oxygens (including phenoxy) is 1. The minimum absolute atomic E-state index is 0.0147. The van der Waals surface area contributed by atoms with Gasteiger partial charge in [0.1, 0.15) is 12.2 Å². The van der Waals surface area contributed by atoms with Gasteiger partial charge in [0.05, 0.1) is 10.7 Å². The molecule has 0 heterocycles. The molecule has 0 atom stereocenters. The van der Waals surface area contributed by atoms with Crippen LogP contribution in [-0.4, -0.2) is 23.8 Å². The van der Waals surface area contributed by atoms with E-state index in [9.17, 15) is 14.7 Å². The fourth-order valence-electron chi connectivity index (χ4n) is 3.63. The smallest absolute Gasteiger partial charge is 0.411 e. The Balaban J connectivity index is 1.54. The monoisotopic (exact) mass is 471 g/mol. The molecule has 0 aromatic heterocycles. The van der Waals surface area contributed by atoms with Gasteiger partial charge in [0, 0.05) is 10.4 Å². The molecule has 1 amide bonds. The summed E-state index contributed by atoms with van der Waals surface area (Å²) in [6.07, 6.45) is -0.747. The van der Waals surface area contributed by atoms with Crippen LogP contribution in [0.4, 0.5) is 10.5 Å². The zero-order valence-electron chi connectivity index (χ0n) is 15.0. The van der Waals surface area contributed by atoms with Crippen molar-refractivity contribution < 1.29 is 19.4 Å². The molecule has 1 aliphatic carbocycles. The van der Waals surface area contributed by atoms with Crippen molar-refractivity contribution in [3.63, 3.8) is 0 Å². The SMILES string of the molecule is O=C(Nc1cc(Br)cc(Cl)c1C(=O)O)OCC1c2ccccc2-c2ccccc21. The van der Waals surface area contributed by atoms with E-state index in [1.165, 1.54) is 12.1 Å². The van der Waals surface area contributed by atoms with Gasteiger partial charge in [-0.1, -0.05) is 76.1 Å². The number of hydrogen-bond donors (Lipinski definition) is 2. The van der Waals surface area contributed by atoms with Crippen LogP contribution in [0, 0.1) is 0 Å². The van der Waals surface area contributed by atoms with Gasteiger partial charge >= 0.3 is 12.1 Å². The molecule has 3 aromatic carbocycles. The number of fused-ring (bicyclic) bond motifs is 3. The normalized spacial score (nSPS) is 12.2. The summed E-state index contributed by atoms with van der Waals surface area (Å²) in [6.45, 7) is 0.129. The van der Waals surface area contributed by atoms with Gasteiger partial charge in [-0.25, -0.2) is 9.59 Å². The van der Waals surface area contributed by atoms with Crippen LogP contribution in [0.5, 0.6) is 0 Å². The molecule has 0 saturated heterocycles. The second kappa shape index (κ2) is 7.89. The molecule has 0 unspecified atom stereocenters. The molecular weight excluding hydrogens is 458 g/mol. The van der Waals surface area contributed by atoms with Gasteiger partial charge in [0.2, 0.25) is 0 Å². The Labute approximate surface area is 180 Å². The lowest BCUT2D eigenvalue weighted by molar-refractivity contribution is 0.0698. The molecule has 7 heteroatoms. The van der Waals surface area contributed by atoms with Gasteiger partial charge < -0.3 is 9.84 Å². The van der Waals surface area contributed by atoms with Crippen LogP contribution < -0.4 is 5.32 Å². The van der Waals surface area contributed by atoms with Gasteiger partial charge in [0.25, 0.3) is 0 Å². The maximum absolute atomic E-state index is 12.4. The third-order valence-corrected chi connectivity index (χ3v) is 5.61. The van der Waals surface area contributed by atoms with Crippen LogP contribution in [0.25, 0.3) is 11.1 Å². The maximum atomic E-state index is 12.4. The Morgan fingerprint density at radius 1 is 1.03 bits per heavy atom. The van der Waals surface area contributed by atoms with Crippen LogP contribution >= 0.6 is 27.5 Å². The van der Waals surface area contributed by atoms with E-state index in [-0.39, 0.29) is 28.8 Å². The molecular formula is C22H15BrClNO4. The van der Waals surface area contributed by atoms with E-state index >= 15 is 0 Å². The fourth-order valence-corrected chi connectivity index (χ4v) is 4.52. The summed E-state index contributed by atoms with van der Waals surface area (Å²) >= 11 is 9.25. The number of benzene rings is 3. The quantitative estimate of drug-likeness (QED) is 0.477. The van der Waals surface area contributed by atoms with Crippen molar-refractivity contribution in [2.45, 2.75) is 5.92 Å². The van der Waals surface area contributed by atoms with E-state index in [0.717, 1.165) is 22.3 Å². The number of aromatic carboxylic acids is 1. The highest BCUT2D eigenvalue weighted by Gasteiger charge is 2.29. The van der Waals surface area contributed by atoms with Crippen molar-refractivity contribution in [1.29, 1.82) is 0 Å². The Morgan fingerprint density at radius 3 is 2.21 bits per heavy atom. The predicted molar refractivity (Wildman–Crippen MR) is 115 cm³/mol.